The van der Waals surface area contributed by atoms with Crippen molar-refractivity contribution in [1.82, 2.24) is 9.78 Å². The highest BCUT2D eigenvalue weighted by Crippen LogP contribution is 2.28. The molecule has 2 aromatic rings. The van der Waals surface area contributed by atoms with Crippen molar-refractivity contribution < 1.29 is 8.78 Å². The second-order valence-electron chi connectivity index (χ2n) is 3.22. The third-order valence-corrected chi connectivity index (χ3v) is 2.28. The molecule has 0 unspecified atom stereocenters. The summed E-state index contributed by atoms with van der Waals surface area (Å²) in [6.45, 7) is 0. The number of benzene rings is 1. The summed E-state index contributed by atoms with van der Waals surface area (Å²) in [4.78, 5) is 0. The van der Waals surface area contributed by atoms with Crippen molar-refractivity contribution in [2.75, 3.05) is 5.73 Å². The lowest BCUT2D eigenvalue weighted by Gasteiger charge is -2.09. The molecular formula is C10H8ClF2N3. The van der Waals surface area contributed by atoms with Crippen LogP contribution in [0.1, 0.15) is 12.0 Å². The molecule has 0 saturated carbocycles. The van der Waals surface area contributed by atoms with Gasteiger partial charge in [-0.1, -0.05) is 11.6 Å². The maximum atomic E-state index is 12.8. The summed E-state index contributed by atoms with van der Waals surface area (Å²) in [5, 5.41) is 4.26. The molecule has 0 spiro atoms. The van der Waals surface area contributed by atoms with Gasteiger partial charge in [0, 0.05) is 17.4 Å². The average molecular weight is 244 g/mol. The standard InChI is InChI=1S/C10H8ClF2N3/c11-6-4-15-16(5-6)9-2-1-7(14)3-8(9)10(12)13/h1-5,10H,14H2. The van der Waals surface area contributed by atoms with Gasteiger partial charge in [0.25, 0.3) is 6.43 Å². The molecule has 0 saturated heterocycles. The highest BCUT2D eigenvalue weighted by Gasteiger charge is 2.15. The van der Waals surface area contributed by atoms with Crippen molar-refractivity contribution in [2.24, 2.45) is 0 Å². The summed E-state index contributed by atoms with van der Waals surface area (Å²) < 4.78 is 26.8. The molecule has 3 nitrogen and oxygen atoms in total. The van der Waals surface area contributed by atoms with E-state index in [-0.39, 0.29) is 16.9 Å². The molecule has 0 amide bonds. The lowest BCUT2D eigenvalue weighted by atomic mass is 10.1. The molecule has 2 rings (SSSR count). The number of alkyl halides is 2. The van der Waals surface area contributed by atoms with Crippen LogP contribution in [0.4, 0.5) is 14.5 Å². The lowest BCUT2D eigenvalue weighted by molar-refractivity contribution is 0.151. The summed E-state index contributed by atoms with van der Waals surface area (Å²) in [6.07, 6.45) is 0.230. The molecule has 0 radical (unpaired) electrons. The van der Waals surface area contributed by atoms with Crippen molar-refractivity contribution in [3.63, 3.8) is 0 Å². The number of nitrogen functional groups attached to an aromatic ring is 1. The van der Waals surface area contributed by atoms with E-state index in [9.17, 15) is 8.78 Å². The molecular weight excluding hydrogens is 236 g/mol. The molecule has 0 aliphatic rings. The number of nitrogens with two attached hydrogens (primary N) is 1. The molecule has 0 bridgehead atoms. The topological polar surface area (TPSA) is 43.8 Å². The van der Waals surface area contributed by atoms with E-state index >= 15 is 0 Å². The predicted octanol–water partition coefficient (Wildman–Crippen LogP) is 3.05. The fourth-order valence-electron chi connectivity index (χ4n) is 1.39. The quantitative estimate of drug-likeness (QED) is 0.824. The van der Waals surface area contributed by atoms with E-state index in [0.717, 1.165) is 0 Å². The van der Waals surface area contributed by atoms with Gasteiger partial charge < -0.3 is 5.73 Å². The molecule has 0 atom stereocenters. The molecule has 0 fully saturated rings. The van der Waals surface area contributed by atoms with Crippen LogP contribution in [0.15, 0.2) is 30.6 Å². The van der Waals surface area contributed by atoms with Gasteiger partial charge in [-0.05, 0) is 18.2 Å². The molecule has 2 N–H and O–H groups in total. The maximum Gasteiger partial charge on any atom is 0.266 e. The molecule has 0 aliphatic carbocycles. The van der Waals surface area contributed by atoms with Crippen LogP contribution in [0.3, 0.4) is 0 Å². The van der Waals surface area contributed by atoms with Crippen molar-refractivity contribution in [1.29, 1.82) is 0 Å². The van der Waals surface area contributed by atoms with E-state index in [2.05, 4.69) is 5.10 Å². The zero-order chi connectivity index (χ0) is 11.7. The highest BCUT2D eigenvalue weighted by molar-refractivity contribution is 6.30. The number of hydrogen-bond acceptors (Lipinski definition) is 2. The number of rotatable bonds is 2. The van der Waals surface area contributed by atoms with Gasteiger partial charge in [-0.2, -0.15) is 5.10 Å². The first-order valence-corrected chi connectivity index (χ1v) is 4.84. The van der Waals surface area contributed by atoms with Crippen LogP contribution in [0.2, 0.25) is 5.02 Å². The van der Waals surface area contributed by atoms with Crippen molar-refractivity contribution in [3.8, 4) is 5.69 Å². The Morgan fingerprint density at radius 3 is 2.69 bits per heavy atom. The third kappa shape index (κ3) is 1.99. The van der Waals surface area contributed by atoms with E-state index in [1.807, 2.05) is 0 Å². The summed E-state index contributed by atoms with van der Waals surface area (Å²) in [5.74, 6) is 0. The molecule has 6 heteroatoms. The first kappa shape index (κ1) is 10.9. The monoisotopic (exact) mass is 243 g/mol. The minimum Gasteiger partial charge on any atom is -0.399 e. The minimum atomic E-state index is -2.61. The summed E-state index contributed by atoms with van der Waals surface area (Å²) in [7, 11) is 0. The fourth-order valence-corrected chi connectivity index (χ4v) is 1.53. The lowest BCUT2D eigenvalue weighted by Crippen LogP contribution is -2.01. The summed E-state index contributed by atoms with van der Waals surface area (Å²) in [6, 6.07) is 4.26. The van der Waals surface area contributed by atoms with E-state index < -0.39 is 6.43 Å². The zero-order valence-electron chi connectivity index (χ0n) is 8.07. The normalized spacial score (nSPS) is 11.0. The molecule has 1 heterocycles. The predicted molar refractivity (Wildman–Crippen MR) is 57.9 cm³/mol. The van der Waals surface area contributed by atoms with Crippen molar-refractivity contribution in [2.45, 2.75) is 6.43 Å². The van der Waals surface area contributed by atoms with Gasteiger partial charge in [0.2, 0.25) is 0 Å². The Morgan fingerprint density at radius 2 is 2.12 bits per heavy atom. The Hall–Kier alpha value is -1.62. The average Bonchev–Trinajstić information content (AvgIpc) is 2.64. The van der Waals surface area contributed by atoms with E-state index in [0.29, 0.717) is 5.02 Å². The van der Waals surface area contributed by atoms with Crippen LogP contribution in [0.5, 0.6) is 0 Å². The van der Waals surface area contributed by atoms with Gasteiger partial charge >= 0.3 is 0 Å². The van der Waals surface area contributed by atoms with Crippen molar-refractivity contribution >= 4 is 17.3 Å². The van der Waals surface area contributed by atoms with Crippen LogP contribution >= 0.6 is 11.6 Å². The Kier molecular flexibility index (Phi) is 2.78. The number of nitrogens with zero attached hydrogens (tertiary/aromatic N) is 2. The zero-order valence-corrected chi connectivity index (χ0v) is 8.83. The molecule has 1 aromatic heterocycles. The first-order valence-electron chi connectivity index (χ1n) is 4.46. The molecule has 1 aromatic carbocycles. The van der Waals surface area contributed by atoms with Crippen LogP contribution < -0.4 is 5.73 Å². The number of aromatic nitrogens is 2. The molecule has 16 heavy (non-hydrogen) atoms. The SMILES string of the molecule is Nc1ccc(-n2cc(Cl)cn2)c(C(F)F)c1. The van der Waals surface area contributed by atoms with E-state index in [1.165, 1.54) is 35.3 Å². The smallest absolute Gasteiger partial charge is 0.266 e. The number of halogens is 3. The van der Waals surface area contributed by atoms with E-state index in [1.54, 1.807) is 0 Å². The van der Waals surface area contributed by atoms with Gasteiger partial charge in [-0.25, -0.2) is 13.5 Å². The van der Waals surface area contributed by atoms with Gasteiger partial charge in [0.15, 0.2) is 0 Å². The maximum absolute atomic E-state index is 12.8. The third-order valence-electron chi connectivity index (χ3n) is 2.08. The first-order chi connectivity index (χ1) is 7.58. The second-order valence-corrected chi connectivity index (χ2v) is 3.66. The van der Waals surface area contributed by atoms with Gasteiger partial charge in [-0.3, -0.25) is 0 Å². The van der Waals surface area contributed by atoms with Crippen LogP contribution in [-0.4, -0.2) is 9.78 Å². The largest absolute Gasteiger partial charge is 0.399 e. The Balaban J connectivity index is 2.56. The highest BCUT2D eigenvalue weighted by atomic mass is 35.5. The van der Waals surface area contributed by atoms with Gasteiger partial charge in [0.05, 0.1) is 16.9 Å². The molecule has 0 aliphatic heterocycles. The Morgan fingerprint density at radius 1 is 1.38 bits per heavy atom. The van der Waals surface area contributed by atoms with Gasteiger partial charge in [-0.15, -0.1) is 0 Å². The van der Waals surface area contributed by atoms with Crippen LogP contribution in [-0.2, 0) is 0 Å². The summed E-state index contributed by atoms with van der Waals surface area (Å²) >= 11 is 5.68. The number of hydrogen-bond donors (Lipinski definition) is 1. The Bertz CT molecular complexity index is 511. The summed E-state index contributed by atoms with van der Waals surface area (Å²) in [5.41, 5.74) is 5.86. The van der Waals surface area contributed by atoms with Crippen molar-refractivity contribution in [3.05, 3.63) is 41.2 Å². The number of anilines is 1. The fraction of sp³-hybridized carbons (Fsp3) is 0.100. The second kappa shape index (κ2) is 4.09. The Labute approximate surface area is 95.4 Å². The van der Waals surface area contributed by atoms with Crippen LogP contribution in [0.25, 0.3) is 5.69 Å². The molecule has 84 valence electrons. The minimum absolute atomic E-state index is 0.167. The van der Waals surface area contributed by atoms with Crippen LogP contribution in [0, 0.1) is 0 Å². The van der Waals surface area contributed by atoms with Gasteiger partial charge in [0.1, 0.15) is 0 Å². The van der Waals surface area contributed by atoms with E-state index in [4.69, 9.17) is 17.3 Å².